The molecule has 2 aromatic carbocycles. The molecule has 82 valence electrons. The topological polar surface area (TPSA) is 12.9 Å². The first kappa shape index (κ1) is 10.4. The van der Waals surface area contributed by atoms with E-state index in [2.05, 4.69) is 47.4 Å². The maximum atomic E-state index is 4.29. The second-order valence-corrected chi connectivity index (χ2v) is 4.89. The zero-order valence-electron chi connectivity index (χ0n) is 9.21. The second kappa shape index (κ2) is 4.60. The van der Waals surface area contributed by atoms with Crippen LogP contribution in [0.5, 0.6) is 0 Å². The highest BCUT2D eigenvalue weighted by Crippen LogP contribution is 2.32. The van der Waals surface area contributed by atoms with E-state index >= 15 is 0 Å². The van der Waals surface area contributed by atoms with Gasteiger partial charge in [0.1, 0.15) is 0 Å². The maximum Gasteiger partial charge on any atom is 0.0414 e. The van der Waals surface area contributed by atoms with Crippen molar-refractivity contribution in [3.05, 3.63) is 67.0 Å². The molecule has 0 aliphatic heterocycles. The summed E-state index contributed by atoms with van der Waals surface area (Å²) in [5.41, 5.74) is 0. The van der Waals surface area contributed by atoms with Crippen LogP contribution < -0.4 is 0 Å². The Morgan fingerprint density at radius 3 is 2.41 bits per heavy atom. The smallest absolute Gasteiger partial charge is 0.0414 e. The zero-order valence-corrected chi connectivity index (χ0v) is 10.0. The van der Waals surface area contributed by atoms with E-state index in [-0.39, 0.29) is 0 Å². The van der Waals surface area contributed by atoms with Gasteiger partial charge in [0.2, 0.25) is 0 Å². The minimum atomic E-state index is 1.19. The SMILES string of the molecule is c1ccc(Sc2cncc3ccccc23)cc1. The van der Waals surface area contributed by atoms with Gasteiger partial charge in [-0.05, 0) is 17.5 Å². The van der Waals surface area contributed by atoms with Gasteiger partial charge in [-0.1, -0.05) is 54.2 Å². The molecule has 0 amide bonds. The minimum absolute atomic E-state index is 1.19. The zero-order chi connectivity index (χ0) is 11.5. The van der Waals surface area contributed by atoms with Gasteiger partial charge in [-0.2, -0.15) is 0 Å². The Bertz CT molecular complexity index is 629. The first-order valence-corrected chi connectivity index (χ1v) is 6.31. The quantitative estimate of drug-likeness (QED) is 0.655. The van der Waals surface area contributed by atoms with Gasteiger partial charge >= 0.3 is 0 Å². The summed E-state index contributed by atoms with van der Waals surface area (Å²) in [6, 6.07) is 18.7. The molecule has 0 saturated heterocycles. The monoisotopic (exact) mass is 237 g/mol. The van der Waals surface area contributed by atoms with E-state index in [0.717, 1.165) is 0 Å². The van der Waals surface area contributed by atoms with Crippen molar-refractivity contribution in [1.82, 2.24) is 4.98 Å². The van der Waals surface area contributed by atoms with Gasteiger partial charge in [0.25, 0.3) is 0 Å². The third kappa shape index (κ3) is 2.17. The lowest BCUT2D eigenvalue weighted by Gasteiger charge is -2.05. The van der Waals surface area contributed by atoms with E-state index < -0.39 is 0 Å². The van der Waals surface area contributed by atoms with Gasteiger partial charge in [0, 0.05) is 27.6 Å². The Balaban J connectivity index is 2.06. The van der Waals surface area contributed by atoms with Gasteiger partial charge in [0.05, 0.1) is 0 Å². The molecule has 0 saturated carbocycles. The van der Waals surface area contributed by atoms with Gasteiger partial charge in [-0.15, -0.1) is 0 Å². The largest absolute Gasteiger partial charge is 0.263 e. The molecule has 2 heteroatoms. The van der Waals surface area contributed by atoms with Crippen LogP contribution in [-0.4, -0.2) is 4.98 Å². The molecule has 17 heavy (non-hydrogen) atoms. The number of hydrogen-bond donors (Lipinski definition) is 0. The normalized spacial score (nSPS) is 10.6. The lowest BCUT2D eigenvalue weighted by atomic mass is 10.2. The van der Waals surface area contributed by atoms with E-state index in [4.69, 9.17) is 0 Å². The van der Waals surface area contributed by atoms with E-state index in [1.165, 1.54) is 20.6 Å². The molecule has 0 aliphatic carbocycles. The fraction of sp³-hybridized carbons (Fsp3) is 0. The van der Waals surface area contributed by atoms with Gasteiger partial charge < -0.3 is 0 Å². The van der Waals surface area contributed by atoms with Gasteiger partial charge in [0.15, 0.2) is 0 Å². The number of aromatic nitrogens is 1. The van der Waals surface area contributed by atoms with Gasteiger partial charge in [-0.25, -0.2) is 0 Å². The standard InChI is InChI=1S/C15H11NS/c1-2-7-13(8-3-1)17-15-11-16-10-12-6-4-5-9-14(12)15/h1-11H. The maximum absolute atomic E-state index is 4.29. The van der Waals surface area contributed by atoms with Crippen LogP contribution in [0.15, 0.2) is 76.8 Å². The predicted octanol–water partition coefficient (Wildman–Crippen LogP) is 4.39. The number of benzene rings is 2. The number of hydrogen-bond acceptors (Lipinski definition) is 2. The van der Waals surface area contributed by atoms with E-state index in [1.807, 2.05) is 24.5 Å². The number of nitrogens with zero attached hydrogens (tertiary/aromatic N) is 1. The summed E-state index contributed by atoms with van der Waals surface area (Å²) in [5.74, 6) is 0. The Morgan fingerprint density at radius 2 is 1.53 bits per heavy atom. The van der Waals surface area contributed by atoms with Crippen LogP contribution in [0.1, 0.15) is 0 Å². The Labute approximate surface area is 105 Å². The lowest BCUT2D eigenvalue weighted by Crippen LogP contribution is -1.80. The van der Waals surface area contributed by atoms with Crippen LogP contribution in [0.25, 0.3) is 10.8 Å². The van der Waals surface area contributed by atoms with E-state index in [0.29, 0.717) is 0 Å². The summed E-state index contributed by atoms with van der Waals surface area (Å²) >= 11 is 1.75. The first-order valence-electron chi connectivity index (χ1n) is 5.49. The van der Waals surface area contributed by atoms with Crippen LogP contribution in [0.2, 0.25) is 0 Å². The molecular weight excluding hydrogens is 226 g/mol. The fourth-order valence-corrected chi connectivity index (χ4v) is 2.74. The molecule has 0 atom stereocenters. The fourth-order valence-electron chi connectivity index (χ4n) is 1.79. The highest BCUT2D eigenvalue weighted by molar-refractivity contribution is 7.99. The van der Waals surface area contributed by atoms with Gasteiger partial charge in [-0.3, -0.25) is 4.98 Å². The van der Waals surface area contributed by atoms with Crippen LogP contribution >= 0.6 is 11.8 Å². The molecular formula is C15H11NS. The Morgan fingerprint density at radius 1 is 0.765 bits per heavy atom. The third-order valence-corrected chi connectivity index (χ3v) is 3.66. The van der Waals surface area contributed by atoms with Crippen LogP contribution in [0.3, 0.4) is 0 Å². The number of rotatable bonds is 2. The Hall–Kier alpha value is -1.80. The highest BCUT2D eigenvalue weighted by atomic mass is 32.2. The summed E-state index contributed by atoms with van der Waals surface area (Å²) in [5, 5.41) is 2.45. The first-order chi connectivity index (χ1) is 8.43. The van der Waals surface area contributed by atoms with E-state index in [9.17, 15) is 0 Å². The van der Waals surface area contributed by atoms with Crippen LogP contribution in [0.4, 0.5) is 0 Å². The molecule has 0 bridgehead atoms. The van der Waals surface area contributed by atoms with Crippen molar-refractivity contribution in [3.8, 4) is 0 Å². The molecule has 1 nitrogen and oxygen atoms in total. The second-order valence-electron chi connectivity index (χ2n) is 3.77. The molecule has 0 N–H and O–H groups in total. The molecule has 3 aromatic rings. The molecule has 1 heterocycles. The van der Waals surface area contributed by atoms with Crippen molar-refractivity contribution in [1.29, 1.82) is 0 Å². The average molecular weight is 237 g/mol. The summed E-state index contributed by atoms with van der Waals surface area (Å²) < 4.78 is 0. The highest BCUT2D eigenvalue weighted by Gasteiger charge is 2.02. The summed E-state index contributed by atoms with van der Waals surface area (Å²) in [6.45, 7) is 0. The average Bonchev–Trinajstić information content (AvgIpc) is 2.40. The molecule has 1 aromatic heterocycles. The van der Waals surface area contributed by atoms with Crippen LogP contribution in [-0.2, 0) is 0 Å². The molecule has 0 fully saturated rings. The van der Waals surface area contributed by atoms with E-state index in [1.54, 1.807) is 11.8 Å². The minimum Gasteiger partial charge on any atom is -0.263 e. The van der Waals surface area contributed by atoms with Crippen molar-refractivity contribution >= 4 is 22.5 Å². The lowest BCUT2D eigenvalue weighted by molar-refractivity contribution is 1.28. The molecule has 0 unspecified atom stereocenters. The van der Waals surface area contributed by atoms with Crippen molar-refractivity contribution in [3.63, 3.8) is 0 Å². The van der Waals surface area contributed by atoms with Crippen molar-refractivity contribution in [2.75, 3.05) is 0 Å². The number of pyridine rings is 1. The number of fused-ring (bicyclic) bond motifs is 1. The third-order valence-electron chi connectivity index (χ3n) is 2.60. The predicted molar refractivity (Wildman–Crippen MR) is 72.3 cm³/mol. The van der Waals surface area contributed by atoms with Crippen molar-refractivity contribution in [2.45, 2.75) is 9.79 Å². The summed E-state index contributed by atoms with van der Waals surface area (Å²) in [4.78, 5) is 6.73. The summed E-state index contributed by atoms with van der Waals surface area (Å²) in [6.07, 6.45) is 3.84. The molecule has 3 rings (SSSR count). The van der Waals surface area contributed by atoms with Crippen molar-refractivity contribution < 1.29 is 0 Å². The van der Waals surface area contributed by atoms with Crippen LogP contribution in [0, 0.1) is 0 Å². The molecule has 0 aliphatic rings. The Kier molecular flexibility index (Phi) is 2.80. The molecule has 0 spiro atoms. The van der Waals surface area contributed by atoms with Crippen molar-refractivity contribution in [2.24, 2.45) is 0 Å². The summed E-state index contributed by atoms with van der Waals surface area (Å²) in [7, 11) is 0. The molecule has 0 radical (unpaired) electrons.